The first-order chi connectivity index (χ1) is 5.88. The highest BCUT2D eigenvalue weighted by molar-refractivity contribution is 6.32. The first kappa shape index (κ1) is 7.31. The number of pyridine rings is 1. The van der Waals surface area contributed by atoms with Crippen LogP contribution in [-0.4, -0.2) is 10.1 Å². The topological polar surface area (TPSA) is 38.9 Å². The fourth-order valence-corrected chi connectivity index (χ4v) is 1.13. The lowest BCUT2D eigenvalue weighted by Crippen LogP contribution is -1.82. The van der Waals surface area contributed by atoms with Gasteiger partial charge in [-0.05, 0) is 12.1 Å². The third-order valence-electron chi connectivity index (χ3n) is 1.44. The highest BCUT2D eigenvalue weighted by atomic mass is 35.5. The highest BCUT2D eigenvalue weighted by Gasteiger charge is 2.05. The molecule has 2 heterocycles. The van der Waals surface area contributed by atoms with Crippen LogP contribution in [0.4, 0.5) is 0 Å². The molecule has 0 aliphatic rings. The van der Waals surface area contributed by atoms with E-state index in [1.54, 1.807) is 24.4 Å². The van der Waals surface area contributed by atoms with E-state index in [9.17, 15) is 0 Å². The summed E-state index contributed by atoms with van der Waals surface area (Å²) in [5.74, 6) is 0. The van der Waals surface area contributed by atoms with Gasteiger partial charge >= 0.3 is 0 Å². The summed E-state index contributed by atoms with van der Waals surface area (Å²) in [5, 5.41) is 4.30. The molecule has 0 aromatic carbocycles. The van der Waals surface area contributed by atoms with Gasteiger partial charge in [-0.1, -0.05) is 16.8 Å². The van der Waals surface area contributed by atoms with Crippen LogP contribution in [0.2, 0.25) is 5.02 Å². The summed E-state index contributed by atoms with van der Waals surface area (Å²) in [4.78, 5) is 4.07. The molecule has 0 aliphatic carbocycles. The van der Waals surface area contributed by atoms with Crippen LogP contribution in [0.1, 0.15) is 0 Å². The summed E-state index contributed by atoms with van der Waals surface area (Å²) in [7, 11) is 0. The lowest BCUT2D eigenvalue weighted by Gasteiger charge is -1.95. The minimum Gasteiger partial charge on any atom is -0.364 e. The lowest BCUT2D eigenvalue weighted by molar-refractivity contribution is 0.422. The molecule has 2 aromatic heterocycles. The van der Waals surface area contributed by atoms with E-state index in [-0.39, 0.29) is 0 Å². The van der Waals surface area contributed by atoms with E-state index in [2.05, 4.69) is 14.7 Å². The molecule has 0 radical (unpaired) electrons. The quantitative estimate of drug-likeness (QED) is 0.677. The van der Waals surface area contributed by atoms with Gasteiger partial charge in [0, 0.05) is 12.3 Å². The van der Waals surface area contributed by atoms with E-state index in [4.69, 9.17) is 11.6 Å². The normalized spacial score (nSPS) is 10.1. The van der Waals surface area contributed by atoms with E-state index in [0.29, 0.717) is 16.4 Å². The molecule has 4 heteroatoms. The number of rotatable bonds is 1. The first-order valence-electron chi connectivity index (χ1n) is 3.39. The second-order valence-electron chi connectivity index (χ2n) is 2.22. The zero-order valence-corrected chi connectivity index (χ0v) is 6.82. The zero-order valence-electron chi connectivity index (χ0n) is 6.07. The molecular weight excluding hydrogens is 176 g/mol. The van der Waals surface area contributed by atoms with Crippen molar-refractivity contribution in [1.82, 2.24) is 10.1 Å². The summed E-state index contributed by atoms with van der Waals surface area (Å²) >= 11 is 5.87. The highest BCUT2D eigenvalue weighted by Crippen LogP contribution is 2.22. The first-order valence-corrected chi connectivity index (χ1v) is 3.77. The number of aromatic nitrogens is 2. The van der Waals surface area contributed by atoms with Crippen molar-refractivity contribution in [3.63, 3.8) is 0 Å². The standard InChI is InChI=1S/C8H5ClN2O/c9-6-2-1-4-10-8(6)7-3-5-12-11-7/h1-5H. The molecular formula is C8H5ClN2O. The molecule has 60 valence electrons. The van der Waals surface area contributed by atoms with Gasteiger partial charge in [-0.15, -0.1) is 0 Å². The summed E-state index contributed by atoms with van der Waals surface area (Å²) in [6, 6.07) is 5.25. The maximum absolute atomic E-state index is 5.87. The Hall–Kier alpha value is -1.35. The van der Waals surface area contributed by atoms with Gasteiger partial charge < -0.3 is 4.52 Å². The van der Waals surface area contributed by atoms with Crippen LogP contribution < -0.4 is 0 Å². The van der Waals surface area contributed by atoms with Gasteiger partial charge in [-0.25, -0.2) is 0 Å². The van der Waals surface area contributed by atoms with Crippen molar-refractivity contribution in [1.29, 1.82) is 0 Å². The molecule has 2 rings (SSSR count). The van der Waals surface area contributed by atoms with Crippen LogP contribution in [0.3, 0.4) is 0 Å². The number of nitrogens with zero attached hydrogens (tertiary/aromatic N) is 2. The van der Waals surface area contributed by atoms with Crippen molar-refractivity contribution in [3.8, 4) is 11.4 Å². The summed E-state index contributed by atoms with van der Waals surface area (Å²) in [5.41, 5.74) is 1.30. The molecule has 0 aliphatic heterocycles. The third kappa shape index (κ3) is 1.19. The predicted octanol–water partition coefficient (Wildman–Crippen LogP) is 2.39. The van der Waals surface area contributed by atoms with Crippen LogP contribution in [0.15, 0.2) is 35.2 Å². The van der Waals surface area contributed by atoms with E-state index in [1.807, 2.05) is 0 Å². The predicted molar refractivity (Wildman–Crippen MR) is 44.7 cm³/mol. The molecule has 3 nitrogen and oxygen atoms in total. The van der Waals surface area contributed by atoms with Gasteiger partial charge in [-0.2, -0.15) is 0 Å². The fraction of sp³-hybridized carbons (Fsp3) is 0. The maximum atomic E-state index is 5.87. The summed E-state index contributed by atoms with van der Waals surface area (Å²) in [6.07, 6.45) is 3.15. The molecule has 0 spiro atoms. The van der Waals surface area contributed by atoms with Crippen molar-refractivity contribution in [2.24, 2.45) is 0 Å². The Morgan fingerprint density at radius 2 is 2.25 bits per heavy atom. The Morgan fingerprint density at radius 1 is 1.33 bits per heavy atom. The minimum atomic E-state index is 0.575. The van der Waals surface area contributed by atoms with Crippen molar-refractivity contribution >= 4 is 11.6 Å². The Balaban J connectivity index is 2.55. The zero-order chi connectivity index (χ0) is 8.39. The van der Waals surface area contributed by atoms with Crippen LogP contribution in [0, 0.1) is 0 Å². The van der Waals surface area contributed by atoms with Crippen LogP contribution >= 0.6 is 11.6 Å². The van der Waals surface area contributed by atoms with E-state index in [0.717, 1.165) is 0 Å². The molecule has 0 fully saturated rings. The van der Waals surface area contributed by atoms with Gasteiger partial charge in [0.15, 0.2) is 0 Å². The molecule has 2 aromatic rings. The van der Waals surface area contributed by atoms with E-state index in [1.165, 1.54) is 6.26 Å². The van der Waals surface area contributed by atoms with Gasteiger partial charge in [0.25, 0.3) is 0 Å². The van der Waals surface area contributed by atoms with Crippen molar-refractivity contribution in [2.45, 2.75) is 0 Å². The molecule has 0 unspecified atom stereocenters. The largest absolute Gasteiger partial charge is 0.364 e. The molecule has 12 heavy (non-hydrogen) atoms. The molecule has 0 saturated carbocycles. The Labute approximate surface area is 74.0 Å². The average Bonchev–Trinajstić information content (AvgIpc) is 2.57. The van der Waals surface area contributed by atoms with E-state index >= 15 is 0 Å². The second-order valence-corrected chi connectivity index (χ2v) is 2.63. The molecule has 0 saturated heterocycles. The third-order valence-corrected chi connectivity index (χ3v) is 1.74. The van der Waals surface area contributed by atoms with Gasteiger partial charge in [0.1, 0.15) is 17.7 Å². The van der Waals surface area contributed by atoms with Crippen LogP contribution in [-0.2, 0) is 0 Å². The molecule has 0 bridgehead atoms. The van der Waals surface area contributed by atoms with Gasteiger partial charge in [0.2, 0.25) is 0 Å². The van der Waals surface area contributed by atoms with Crippen molar-refractivity contribution in [2.75, 3.05) is 0 Å². The van der Waals surface area contributed by atoms with Crippen LogP contribution in [0.5, 0.6) is 0 Å². The number of hydrogen-bond acceptors (Lipinski definition) is 3. The van der Waals surface area contributed by atoms with Crippen LogP contribution in [0.25, 0.3) is 11.4 Å². The lowest BCUT2D eigenvalue weighted by atomic mass is 10.3. The average molecular weight is 181 g/mol. The second kappa shape index (κ2) is 2.95. The Morgan fingerprint density at radius 3 is 2.92 bits per heavy atom. The maximum Gasteiger partial charge on any atom is 0.133 e. The van der Waals surface area contributed by atoms with E-state index < -0.39 is 0 Å². The van der Waals surface area contributed by atoms with Gasteiger partial charge in [-0.3, -0.25) is 4.98 Å². The monoisotopic (exact) mass is 180 g/mol. The van der Waals surface area contributed by atoms with Crippen molar-refractivity contribution in [3.05, 3.63) is 35.7 Å². The Kier molecular flexibility index (Phi) is 1.80. The smallest absolute Gasteiger partial charge is 0.133 e. The summed E-state index contributed by atoms with van der Waals surface area (Å²) < 4.78 is 4.68. The fourth-order valence-electron chi connectivity index (χ4n) is 0.909. The number of hydrogen-bond donors (Lipinski definition) is 0. The SMILES string of the molecule is Clc1cccnc1-c1ccon1. The summed E-state index contributed by atoms with van der Waals surface area (Å²) in [6.45, 7) is 0. The van der Waals surface area contributed by atoms with Crippen molar-refractivity contribution < 1.29 is 4.52 Å². The number of halogens is 1. The molecule has 0 amide bonds. The molecule has 0 atom stereocenters. The molecule has 0 N–H and O–H groups in total. The van der Waals surface area contributed by atoms with Gasteiger partial charge in [0.05, 0.1) is 5.02 Å². The minimum absolute atomic E-state index is 0.575. The Bertz CT molecular complexity index is 372.